The molecule has 0 aliphatic carbocycles. The van der Waals surface area contributed by atoms with E-state index in [0.717, 1.165) is 16.4 Å². The second kappa shape index (κ2) is 4.71. The van der Waals surface area contributed by atoms with E-state index >= 15 is 0 Å². The number of nitrogens with two attached hydrogens (primary N) is 1. The van der Waals surface area contributed by atoms with Gasteiger partial charge in [0.05, 0.1) is 22.8 Å². The van der Waals surface area contributed by atoms with Crippen LogP contribution >= 0.6 is 22.7 Å². The lowest BCUT2D eigenvalue weighted by Crippen LogP contribution is -2.07. The molecule has 16 heavy (non-hydrogen) atoms. The van der Waals surface area contributed by atoms with Gasteiger partial charge in [-0.25, -0.2) is 9.97 Å². The Labute approximate surface area is 101 Å². The van der Waals surface area contributed by atoms with Gasteiger partial charge < -0.3 is 5.73 Å². The molecule has 2 rings (SSSR count). The molecule has 2 heterocycles. The monoisotopic (exact) mass is 253 g/mol. The molecular formula is C10H11N3OS2. The molecule has 0 saturated heterocycles. The van der Waals surface area contributed by atoms with Crippen LogP contribution < -0.4 is 5.73 Å². The Morgan fingerprint density at radius 2 is 1.88 bits per heavy atom. The van der Waals surface area contributed by atoms with E-state index in [2.05, 4.69) is 9.97 Å². The Morgan fingerprint density at radius 3 is 2.38 bits per heavy atom. The first-order valence-electron chi connectivity index (χ1n) is 4.76. The summed E-state index contributed by atoms with van der Waals surface area (Å²) in [5.41, 5.74) is 7.09. The van der Waals surface area contributed by atoms with E-state index in [9.17, 15) is 4.79 Å². The van der Waals surface area contributed by atoms with Crippen LogP contribution in [0.2, 0.25) is 0 Å². The summed E-state index contributed by atoms with van der Waals surface area (Å²) in [6.07, 6.45) is 0.714. The molecule has 0 bridgehead atoms. The van der Waals surface area contributed by atoms with Crippen LogP contribution in [0.25, 0.3) is 0 Å². The quantitative estimate of drug-likeness (QED) is 0.902. The van der Waals surface area contributed by atoms with E-state index in [4.69, 9.17) is 5.73 Å². The number of carbonyl (C=O) groups excluding carboxylic acids is 1. The maximum Gasteiger partial charge on any atom is 0.180 e. The van der Waals surface area contributed by atoms with Crippen molar-refractivity contribution in [1.29, 1.82) is 0 Å². The minimum atomic E-state index is 0.121. The van der Waals surface area contributed by atoms with E-state index in [1.54, 1.807) is 11.3 Å². The lowest BCUT2D eigenvalue weighted by atomic mass is 10.1. The molecular weight excluding hydrogens is 242 g/mol. The molecule has 0 aliphatic heterocycles. The molecule has 0 aromatic carbocycles. The highest BCUT2D eigenvalue weighted by atomic mass is 32.1. The van der Waals surface area contributed by atoms with Crippen molar-refractivity contribution in [2.75, 3.05) is 5.73 Å². The van der Waals surface area contributed by atoms with Crippen LogP contribution in [-0.4, -0.2) is 15.8 Å². The number of aryl methyl sites for hydroxylation is 1. The third kappa shape index (κ3) is 2.86. The summed E-state index contributed by atoms with van der Waals surface area (Å²) in [6.45, 7) is 1.93. The topological polar surface area (TPSA) is 68.9 Å². The summed E-state index contributed by atoms with van der Waals surface area (Å²) in [4.78, 5) is 20.0. The standard InChI is InChI=1S/C10H11N3OS2/c1-6-12-7(4-15-6)2-9(14)3-8-5-16-10(11)13-8/h4-5H,2-3H2,1H3,(H2,11,13). The second-order valence-electron chi connectivity index (χ2n) is 3.43. The maximum absolute atomic E-state index is 11.7. The molecule has 2 aromatic rings. The van der Waals surface area contributed by atoms with Gasteiger partial charge in [0.15, 0.2) is 5.13 Å². The molecule has 2 N–H and O–H groups in total. The Balaban J connectivity index is 1.94. The number of nitrogens with zero attached hydrogens (tertiary/aromatic N) is 2. The van der Waals surface area contributed by atoms with Gasteiger partial charge in [-0.05, 0) is 6.92 Å². The fraction of sp³-hybridized carbons (Fsp3) is 0.300. The number of hydrogen-bond donors (Lipinski definition) is 1. The van der Waals surface area contributed by atoms with Crippen LogP contribution in [0, 0.1) is 6.92 Å². The van der Waals surface area contributed by atoms with Crippen molar-refractivity contribution in [1.82, 2.24) is 9.97 Å². The highest BCUT2D eigenvalue weighted by molar-refractivity contribution is 7.13. The number of Topliss-reactive ketones (excluding diaryl/α,β-unsaturated/α-hetero) is 1. The summed E-state index contributed by atoms with van der Waals surface area (Å²) in [7, 11) is 0. The summed E-state index contributed by atoms with van der Waals surface area (Å²) >= 11 is 2.92. The average molecular weight is 253 g/mol. The number of nitrogen functional groups attached to an aromatic ring is 1. The molecule has 0 amide bonds. The molecule has 6 heteroatoms. The second-order valence-corrected chi connectivity index (χ2v) is 5.38. The van der Waals surface area contributed by atoms with Crippen LogP contribution in [0.1, 0.15) is 16.4 Å². The molecule has 0 saturated carbocycles. The Kier molecular flexibility index (Phi) is 3.31. The summed E-state index contributed by atoms with van der Waals surface area (Å²) in [5.74, 6) is 0.121. The molecule has 0 atom stereocenters. The van der Waals surface area contributed by atoms with E-state index in [-0.39, 0.29) is 5.78 Å². The first kappa shape index (κ1) is 11.2. The number of aromatic nitrogens is 2. The van der Waals surface area contributed by atoms with Crippen molar-refractivity contribution >= 4 is 33.6 Å². The molecule has 0 fully saturated rings. The molecule has 0 aliphatic rings. The Hall–Kier alpha value is -1.27. The van der Waals surface area contributed by atoms with Crippen LogP contribution in [-0.2, 0) is 17.6 Å². The maximum atomic E-state index is 11.7. The third-order valence-corrected chi connectivity index (χ3v) is 3.54. The summed E-state index contributed by atoms with van der Waals surface area (Å²) in [5, 5.41) is 5.23. The molecule has 0 unspecified atom stereocenters. The van der Waals surface area contributed by atoms with Gasteiger partial charge in [0.25, 0.3) is 0 Å². The number of anilines is 1. The van der Waals surface area contributed by atoms with Gasteiger partial charge in [-0.15, -0.1) is 22.7 Å². The minimum absolute atomic E-state index is 0.121. The van der Waals surface area contributed by atoms with Crippen LogP contribution in [0.3, 0.4) is 0 Å². The number of hydrogen-bond acceptors (Lipinski definition) is 6. The zero-order valence-corrected chi connectivity index (χ0v) is 10.4. The van der Waals surface area contributed by atoms with Gasteiger partial charge >= 0.3 is 0 Å². The van der Waals surface area contributed by atoms with Gasteiger partial charge in [-0.2, -0.15) is 0 Å². The Bertz CT molecular complexity index is 459. The first-order chi connectivity index (χ1) is 7.63. The molecule has 0 spiro atoms. The predicted molar refractivity (Wildman–Crippen MR) is 65.8 cm³/mol. The number of carbonyl (C=O) groups is 1. The van der Waals surface area contributed by atoms with Crippen molar-refractivity contribution < 1.29 is 4.79 Å². The van der Waals surface area contributed by atoms with E-state index < -0.39 is 0 Å². The van der Waals surface area contributed by atoms with Gasteiger partial charge in [-0.1, -0.05) is 0 Å². The summed E-state index contributed by atoms with van der Waals surface area (Å²) < 4.78 is 0. The van der Waals surface area contributed by atoms with E-state index in [1.165, 1.54) is 11.3 Å². The lowest BCUT2D eigenvalue weighted by molar-refractivity contribution is -0.117. The predicted octanol–water partition coefficient (Wildman–Crippen LogP) is 1.84. The summed E-state index contributed by atoms with van der Waals surface area (Å²) in [6, 6.07) is 0. The number of thiazole rings is 2. The van der Waals surface area contributed by atoms with Crippen molar-refractivity contribution in [2.45, 2.75) is 19.8 Å². The molecule has 2 aromatic heterocycles. The number of ketones is 1. The molecule has 84 valence electrons. The van der Waals surface area contributed by atoms with Crippen molar-refractivity contribution in [3.05, 3.63) is 27.2 Å². The zero-order valence-electron chi connectivity index (χ0n) is 8.77. The largest absolute Gasteiger partial charge is 0.375 e. The fourth-order valence-electron chi connectivity index (χ4n) is 1.36. The van der Waals surface area contributed by atoms with Gasteiger partial charge in [0.2, 0.25) is 0 Å². The number of rotatable bonds is 4. The van der Waals surface area contributed by atoms with Gasteiger partial charge in [-0.3, -0.25) is 4.79 Å². The van der Waals surface area contributed by atoms with Crippen molar-refractivity contribution in [3.63, 3.8) is 0 Å². The smallest absolute Gasteiger partial charge is 0.180 e. The van der Waals surface area contributed by atoms with Crippen LogP contribution in [0.15, 0.2) is 10.8 Å². The van der Waals surface area contributed by atoms with Crippen LogP contribution in [0.5, 0.6) is 0 Å². The highest BCUT2D eigenvalue weighted by Crippen LogP contribution is 2.13. The minimum Gasteiger partial charge on any atom is -0.375 e. The van der Waals surface area contributed by atoms with Crippen LogP contribution in [0.4, 0.5) is 5.13 Å². The first-order valence-corrected chi connectivity index (χ1v) is 6.52. The average Bonchev–Trinajstić information content (AvgIpc) is 2.76. The fourth-order valence-corrected chi connectivity index (χ4v) is 2.54. The Morgan fingerprint density at radius 1 is 1.25 bits per heavy atom. The third-order valence-electron chi connectivity index (χ3n) is 1.99. The van der Waals surface area contributed by atoms with E-state index in [1.807, 2.05) is 17.7 Å². The SMILES string of the molecule is Cc1nc(CC(=O)Cc2csc(N)n2)cs1. The lowest BCUT2D eigenvalue weighted by Gasteiger charge is -1.95. The van der Waals surface area contributed by atoms with E-state index in [0.29, 0.717) is 18.0 Å². The van der Waals surface area contributed by atoms with Crippen molar-refractivity contribution in [2.24, 2.45) is 0 Å². The molecule has 0 radical (unpaired) electrons. The van der Waals surface area contributed by atoms with Gasteiger partial charge in [0.1, 0.15) is 5.78 Å². The van der Waals surface area contributed by atoms with Crippen molar-refractivity contribution in [3.8, 4) is 0 Å². The highest BCUT2D eigenvalue weighted by Gasteiger charge is 2.09. The van der Waals surface area contributed by atoms with Gasteiger partial charge in [0, 0.05) is 17.2 Å². The normalized spacial score (nSPS) is 10.6. The zero-order chi connectivity index (χ0) is 11.5. The molecule has 4 nitrogen and oxygen atoms in total.